The molecule has 0 atom stereocenters. The maximum absolute atomic E-state index is 11.8. The molecule has 0 aromatic heterocycles. The second-order valence-corrected chi connectivity index (χ2v) is 5.20. The molecule has 0 N–H and O–H groups in total. The maximum atomic E-state index is 11.8. The molecule has 1 aromatic carbocycles. The summed E-state index contributed by atoms with van der Waals surface area (Å²) in [5, 5.41) is 0. The van der Waals surface area contributed by atoms with Gasteiger partial charge in [0.15, 0.2) is 9.84 Å². The minimum Gasteiger partial charge on any atom is -0.223 e. The lowest BCUT2D eigenvalue weighted by atomic mass is 10.3. The highest BCUT2D eigenvalue weighted by atomic mass is 32.2. The number of hydrogen-bond acceptors (Lipinski definition) is 2. The van der Waals surface area contributed by atoms with Crippen molar-refractivity contribution in [1.29, 1.82) is 0 Å². The summed E-state index contributed by atoms with van der Waals surface area (Å²) < 4.78 is 23.5. The number of hydrogen-bond donors (Lipinski definition) is 0. The van der Waals surface area contributed by atoms with Crippen LogP contribution >= 0.6 is 0 Å². The Morgan fingerprint density at radius 3 is 2.36 bits per heavy atom. The number of allylic oxidation sites excluding steroid dienone is 1. The van der Waals surface area contributed by atoms with Gasteiger partial charge in [0.05, 0.1) is 10.6 Å². The SMILES string of the molecule is CC=C(C)CS(=O)(=O)c1ccccc1. The third kappa shape index (κ3) is 2.70. The minimum absolute atomic E-state index is 0.105. The van der Waals surface area contributed by atoms with E-state index in [0.717, 1.165) is 5.57 Å². The van der Waals surface area contributed by atoms with Gasteiger partial charge in [-0.1, -0.05) is 29.8 Å². The Balaban J connectivity index is 2.99. The van der Waals surface area contributed by atoms with E-state index in [-0.39, 0.29) is 5.75 Å². The summed E-state index contributed by atoms with van der Waals surface area (Å²) in [4.78, 5) is 0.390. The van der Waals surface area contributed by atoms with Crippen molar-refractivity contribution in [2.24, 2.45) is 0 Å². The van der Waals surface area contributed by atoms with Crippen LogP contribution < -0.4 is 0 Å². The van der Waals surface area contributed by atoms with Crippen LogP contribution in [0.25, 0.3) is 0 Å². The normalized spacial score (nSPS) is 12.9. The maximum Gasteiger partial charge on any atom is 0.182 e. The Morgan fingerprint density at radius 1 is 1.29 bits per heavy atom. The van der Waals surface area contributed by atoms with E-state index >= 15 is 0 Å². The predicted molar refractivity (Wildman–Crippen MR) is 57.9 cm³/mol. The molecular weight excluding hydrogens is 196 g/mol. The Hall–Kier alpha value is -1.09. The fourth-order valence-electron chi connectivity index (χ4n) is 1.09. The number of rotatable bonds is 3. The van der Waals surface area contributed by atoms with Gasteiger partial charge in [-0.2, -0.15) is 0 Å². The smallest absolute Gasteiger partial charge is 0.182 e. The first kappa shape index (κ1) is 11.0. The summed E-state index contributed by atoms with van der Waals surface area (Å²) in [6.07, 6.45) is 1.82. The average molecular weight is 210 g/mol. The Bertz CT molecular complexity index is 416. The highest BCUT2D eigenvalue weighted by Crippen LogP contribution is 2.12. The molecule has 0 spiro atoms. The summed E-state index contributed by atoms with van der Waals surface area (Å²) in [5.74, 6) is 0.105. The minimum atomic E-state index is -3.14. The van der Waals surface area contributed by atoms with Crippen LogP contribution in [0.3, 0.4) is 0 Å². The van der Waals surface area contributed by atoms with Crippen molar-refractivity contribution in [2.75, 3.05) is 5.75 Å². The number of sulfone groups is 1. The second kappa shape index (κ2) is 4.42. The molecule has 0 bridgehead atoms. The van der Waals surface area contributed by atoms with Crippen LogP contribution in [0.5, 0.6) is 0 Å². The molecule has 0 aliphatic rings. The van der Waals surface area contributed by atoms with Gasteiger partial charge in [0, 0.05) is 0 Å². The van der Waals surface area contributed by atoms with Crippen LogP contribution in [0, 0.1) is 0 Å². The van der Waals surface area contributed by atoms with Crippen LogP contribution in [0.1, 0.15) is 13.8 Å². The van der Waals surface area contributed by atoms with E-state index in [0.29, 0.717) is 4.90 Å². The summed E-state index contributed by atoms with van der Waals surface area (Å²) >= 11 is 0. The first-order valence-corrected chi connectivity index (χ1v) is 6.11. The third-order valence-corrected chi connectivity index (χ3v) is 3.84. The van der Waals surface area contributed by atoms with Crippen molar-refractivity contribution in [2.45, 2.75) is 18.7 Å². The fourth-order valence-corrected chi connectivity index (χ4v) is 2.60. The molecule has 0 amide bonds. The molecule has 0 aliphatic carbocycles. The summed E-state index contributed by atoms with van der Waals surface area (Å²) in [5.41, 5.74) is 0.869. The van der Waals surface area contributed by atoms with E-state index in [4.69, 9.17) is 0 Å². The molecule has 0 saturated heterocycles. The second-order valence-electron chi connectivity index (χ2n) is 3.21. The van der Waals surface area contributed by atoms with Gasteiger partial charge in [-0.3, -0.25) is 0 Å². The Labute approximate surface area is 85.2 Å². The molecule has 3 heteroatoms. The van der Waals surface area contributed by atoms with E-state index in [1.165, 1.54) is 0 Å². The van der Waals surface area contributed by atoms with Crippen molar-refractivity contribution in [1.82, 2.24) is 0 Å². The zero-order valence-electron chi connectivity index (χ0n) is 8.40. The van der Waals surface area contributed by atoms with Crippen LogP contribution in [0.15, 0.2) is 46.9 Å². The topological polar surface area (TPSA) is 34.1 Å². The van der Waals surface area contributed by atoms with E-state index in [2.05, 4.69) is 0 Å². The highest BCUT2D eigenvalue weighted by Gasteiger charge is 2.13. The van der Waals surface area contributed by atoms with E-state index in [1.807, 2.05) is 26.0 Å². The van der Waals surface area contributed by atoms with Gasteiger partial charge in [-0.15, -0.1) is 0 Å². The van der Waals surface area contributed by atoms with Crippen LogP contribution in [0.4, 0.5) is 0 Å². The van der Waals surface area contributed by atoms with E-state index in [9.17, 15) is 8.42 Å². The monoisotopic (exact) mass is 210 g/mol. The van der Waals surface area contributed by atoms with Gasteiger partial charge in [-0.05, 0) is 26.0 Å². The molecule has 1 rings (SSSR count). The van der Waals surface area contributed by atoms with E-state index < -0.39 is 9.84 Å². The van der Waals surface area contributed by atoms with Gasteiger partial charge >= 0.3 is 0 Å². The third-order valence-electron chi connectivity index (χ3n) is 2.01. The summed E-state index contributed by atoms with van der Waals surface area (Å²) in [6, 6.07) is 8.52. The van der Waals surface area contributed by atoms with Gasteiger partial charge in [0.1, 0.15) is 0 Å². The van der Waals surface area contributed by atoms with Gasteiger partial charge in [0.25, 0.3) is 0 Å². The highest BCUT2D eigenvalue weighted by molar-refractivity contribution is 7.91. The predicted octanol–water partition coefficient (Wildman–Crippen LogP) is 2.43. The molecule has 0 fully saturated rings. The first-order chi connectivity index (χ1) is 6.56. The van der Waals surface area contributed by atoms with Crippen molar-refractivity contribution in [3.8, 4) is 0 Å². The lowest BCUT2D eigenvalue weighted by Gasteiger charge is -2.03. The Morgan fingerprint density at radius 2 is 1.86 bits per heavy atom. The first-order valence-electron chi connectivity index (χ1n) is 4.46. The van der Waals surface area contributed by atoms with E-state index in [1.54, 1.807) is 24.3 Å². The van der Waals surface area contributed by atoms with Crippen LogP contribution in [0.2, 0.25) is 0 Å². The van der Waals surface area contributed by atoms with Crippen molar-refractivity contribution < 1.29 is 8.42 Å². The molecule has 2 nitrogen and oxygen atoms in total. The largest absolute Gasteiger partial charge is 0.223 e. The summed E-state index contributed by atoms with van der Waals surface area (Å²) in [7, 11) is -3.14. The molecule has 0 radical (unpaired) electrons. The van der Waals surface area contributed by atoms with Gasteiger partial charge in [0.2, 0.25) is 0 Å². The average Bonchev–Trinajstić information content (AvgIpc) is 2.18. The zero-order valence-corrected chi connectivity index (χ0v) is 9.21. The van der Waals surface area contributed by atoms with Crippen LogP contribution in [-0.2, 0) is 9.84 Å². The molecular formula is C11H14O2S. The molecule has 0 unspecified atom stereocenters. The zero-order chi connectivity index (χ0) is 10.6. The fraction of sp³-hybridized carbons (Fsp3) is 0.273. The molecule has 76 valence electrons. The molecule has 0 saturated carbocycles. The lowest BCUT2D eigenvalue weighted by molar-refractivity contribution is 0.598. The van der Waals surface area contributed by atoms with Gasteiger partial charge < -0.3 is 0 Å². The van der Waals surface area contributed by atoms with Crippen molar-refractivity contribution in [3.05, 3.63) is 42.0 Å². The standard InChI is InChI=1S/C11H14O2S/c1-3-10(2)9-14(12,13)11-7-5-4-6-8-11/h3-8H,9H2,1-2H3. The van der Waals surface area contributed by atoms with Crippen LogP contribution in [-0.4, -0.2) is 14.2 Å². The summed E-state index contributed by atoms with van der Waals surface area (Å²) in [6.45, 7) is 3.66. The molecule has 14 heavy (non-hydrogen) atoms. The lowest BCUT2D eigenvalue weighted by Crippen LogP contribution is -2.07. The number of benzene rings is 1. The molecule has 1 aromatic rings. The van der Waals surface area contributed by atoms with Crippen molar-refractivity contribution >= 4 is 9.84 Å². The molecule has 0 heterocycles. The van der Waals surface area contributed by atoms with Crippen molar-refractivity contribution in [3.63, 3.8) is 0 Å². The molecule has 0 aliphatic heterocycles. The quantitative estimate of drug-likeness (QED) is 0.718. The van der Waals surface area contributed by atoms with Gasteiger partial charge in [-0.25, -0.2) is 8.42 Å². The Kier molecular flexibility index (Phi) is 3.47.